The van der Waals surface area contributed by atoms with E-state index in [-0.39, 0.29) is 6.61 Å². The fourth-order valence-corrected chi connectivity index (χ4v) is 2.21. The van der Waals surface area contributed by atoms with E-state index in [1.807, 2.05) is 6.08 Å². The maximum Gasteiger partial charge on any atom is 0.0612 e. The van der Waals surface area contributed by atoms with E-state index in [0.717, 1.165) is 12.3 Å². The summed E-state index contributed by atoms with van der Waals surface area (Å²) in [6, 6.07) is 0. The summed E-state index contributed by atoms with van der Waals surface area (Å²) in [5.41, 5.74) is 0. The monoisotopic (exact) mass is 254 g/mol. The molecule has 0 amide bonds. The summed E-state index contributed by atoms with van der Waals surface area (Å²) in [6.45, 7) is 4.85. The van der Waals surface area contributed by atoms with Crippen LogP contribution in [0.5, 0.6) is 0 Å². The molecule has 0 radical (unpaired) electrons. The zero-order valence-electron chi connectivity index (χ0n) is 12.7. The van der Waals surface area contributed by atoms with E-state index in [1.165, 1.54) is 64.2 Å². The van der Waals surface area contributed by atoms with Crippen LogP contribution in [0, 0.1) is 5.92 Å². The van der Waals surface area contributed by atoms with E-state index in [0.29, 0.717) is 0 Å². The molecule has 0 aromatic heterocycles. The summed E-state index contributed by atoms with van der Waals surface area (Å²) in [7, 11) is 0. The van der Waals surface area contributed by atoms with Crippen molar-refractivity contribution in [1.82, 2.24) is 0 Å². The molecule has 0 aromatic rings. The molecule has 0 aromatic carbocycles. The van der Waals surface area contributed by atoms with Gasteiger partial charge in [0.2, 0.25) is 0 Å². The molecule has 0 spiro atoms. The lowest BCUT2D eigenvalue weighted by molar-refractivity contribution is 0.342. The van der Waals surface area contributed by atoms with E-state index >= 15 is 0 Å². The van der Waals surface area contributed by atoms with Crippen molar-refractivity contribution in [2.75, 3.05) is 6.61 Å². The molecule has 1 N–H and O–H groups in total. The first-order valence-corrected chi connectivity index (χ1v) is 8.07. The Balaban J connectivity index is 3.01. The van der Waals surface area contributed by atoms with Crippen molar-refractivity contribution in [3.63, 3.8) is 0 Å². The van der Waals surface area contributed by atoms with E-state index in [9.17, 15) is 0 Å². The Kier molecular flexibility index (Phi) is 14.5. The standard InChI is InChI=1S/C17H34O/c1-3-17(2)15-13-11-9-7-5-4-6-8-10-12-14-16-18/h12,14,17-18H,3-11,13,15-16H2,1-2H3. The lowest BCUT2D eigenvalue weighted by Gasteiger charge is -2.07. The first-order chi connectivity index (χ1) is 8.81. The van der Waals surface area contributed by atoms with E-state index in [2.05, 4.69) is 19.9 Å². The van der Waals surface area contributed by atoms with Gasteiger partial charge in [-0.1, -0.05) is 83.8 Å². The van der Waals surface area contributed by atoms with Gasteiger partial charge < -0.3 is 5.11 Å². The van der Waals surface area contributed by atoms with Gasteiger partial charge in [0.1, 0.15) is 0 Å². The molecule has 1 heteroatoms. The van der Waals surface area contributed by atoms with Crippen LogP contribution in [-0.4, -0.2) is 11.7 Å². The van der Waals surface area contributed by atoms with Crippen molar-refractivity contribution in [1.29, 1.82) is 0 Å². The van der Waals surface area contributed by atoms with Gasteiger partial charge in [-0.3, -0.25) is 0 Å². The minimum absolute atomic E-state index is 0.191. The quantitative estimate of drug-likeness (QED) is 0.341. The van der Waals surface area contributed by atoms with Gasteiger partial charge in [0.05, 0.1) is 6.61 Å². The molecule has 0 aliphatic carbocycles. The second-order valence-electron chi connectivity index (χ2n) is 5.57. The van der Waals surface area contributed by atoms with Crippen molar-refractivity contribution in [3.05, 3.63) is 12.2 Å². The van der Waals surface area contributed by atoms with Crippen molar-refractivity contribution < 1.29 is 5.11 Å². The number of rotatable bonds is 13. The fourth-order valence-electron chi connectivity index (χ4n) is 2.21. The van der Waals surface area contributed by atoms with Crippen LogP contribution in [0.15, 0.2) is 12.2 Å². The molecule has 1 unspecified atom stereocenters. The molecule has 0 rings (SSSR count). The van der Waals surface area contributed by atoms with Crippen LogP contribution in [-0.2, 0) is 0 Å². The highest BCUT2D eigenvalue weighted by atomic mass is 16.2. The highest BCUT2D eigenvalue weighted by Crippen LogP contribution is 2.14. The van der Waals surface area contributed by atoms with Gasteiger partial charge in [-0.25, -0.2) is 0 Å². The molecule has 0 saturated heterocycles. The van der Waals surface area contributed by atoms with Gasteiger partial charge in [-0.05, 0) is 18.8 Å². The second-order valence-corrected chi connectivity index (χ2v) is 5.57. The number of allylic oxidation sites excluding steroid dienone is 1. The maximum atomic E-state index is 8.57. The summed E-state index contributed by atoms with van der Waals surface area (Å²) in [6.07, 6.45) is 19.0. The number of unbranched alkanes of at least 4 members (excludes halogenated alkanes) is 8. The van der Waals surface area contributed by atoms with Gasteiger partial charge in [0.15, 0.2) is 0 Å². The minimum atomic E-state index is 0.191. The van der Waals surface area contributed by atoms with Gasteiger partial charge in [0.25, 0.3) is 0 Å². The van der Waals surface area contributed by atoms with E-state index in [1.54, 1.807) is 0 Å². The zero-order chi connectivity index (χ0) is 13.5. The van der Waals surface area contributed by atoms with Gasteiger partial charge in [-0.2, -0.15) is 0 Å². The van der Waals surface area contributed by atoms with E-state index in [4.69, 9.17) is 5.11 Å². The lowest BCUT2D eigenvalue weighted by Crippen LogP contribution is -1.91. The first kappa shape index (κ1) is 17.7. The zero-order valence-corrected chi connectivity index (χ0v) is 12.7. The van der Waals surface area contributed by atoms with Crippen LogP contribution in [0.2, 0.25) is 0 Å². The second kappa shape index (κ2) is 14.8. The summed E-state index contributed by atoms with van der Waals surface area (Å²) >= 11 is 0. The van der Waals surface area contributed by atoms with Crippen molar-refractivity contribution >= 4 is 0 Å². The Hall–Kier alpha value is -0.300. The van der Waals surface area contributed by atoms with Crippen LogP contribution in [0.25, 0.3) is 0 Å². The topological polar surface area (TPSA) is 20.2 Å². The molecule has 0 bridgehead atoms. The Morgan fingerprint density at radius 2 is 1.39 bits per heavy atom. The van der Waals surface area contributed by atoms with Crippen molar-refractivity contribution in [3.8, 4) is 0 Å². The molecular formula is C17H34O. The van der Waals surface area contributed by atoms with Crippen LogP contribution in [0.4, 0.5) is 0 Å². The SMILES string of the molecule is CCC(C)CCCCCCCCCCC=CCO. The summed E-state index contributed by atoms with van der Waals surface area (Å²) in [4.78, 5) is 0. The molecule has 108 valence electrons. The molecule has 1 nitrogen and oxygen atoms in total. The number of aliphatic hydroxyl groups excluding tert-OH is 1. The Morgan fingerprint density at radius 1 is 0.833 bits per heavy atom. The van der Waals surface area contributed by atoms with Crippen LogP contribution < -0.4 is 0 Å². The van der Waals surface area contributed by atoms with Crippen LogP contribution in [0.3, 0.4) is 0 Å². The molecule has 1 atom stereocenters. The average molecular weight is 254 g/mol. The van der Waals surface area contributed by atoms with Crippen LogP contribution >= 0.6 is 0 Å². The molecule has 18 heavy (non-hydrogen) atoms. The Labute approximate surface area is 115 Å². The van der Waals surface area contributed by atoms with E-state index < -0.39 is 0 Å². The third-order valence-electron chi connectivity index (χ3n) is 3.79. The third-order valence-corrected chi connectivity index (χ3v) is 3.79. The smallest absolute Gasteiger partial charge is 0.0612 e. The Morgan fingerprint density at radius 3 is 1.94 bits per heavy atom. The highest BCUT2D eigenvalue weighted by molar-refractivity contribution is 4.80. The number of hydrogen-bond donors (Lipinski definition) is 1. The summed E-state index contributed by atoms with van der Waals surface area (Å²) < 4.78 is 0. The highest BCUT2D eigenvalue weighted by Gasteiger charge is 1.98. The van der Waals surface area contributed by atoms with Crippen LogP contribution in [0.1, 0.15) is 84.5 Å². The average Bonchev–Trinajstić information content (AvgIpc) is 2.39. The van der Waals surface area contributed by atoms with Crippen molar-refractivity contribution in [2.45, 2.75) is 84.5 Å². The third kappa shape index (κ3) is 13.8. The molecule has 0 aliphatic rings. The molecule has 0 heterocycles. The normalized spacial score (nSPS) is 13.3. The molecule has 0 fully saturated rings. The first-order valence-electron chi connectivity index (χ1n) is 8.07. The van der Waals surface area contributed by atoms with Crippen molar-refractivity contribution in [2.24, 2.45) is 5.92 Å². The fraction of sp³-hybridized carbons (Fsp3) is 0.882. The Bertz CT molecular complexity index is 174. The maximum absolute atomic E-state index is 8.57. The largest absolute Gasteiger partial charge is 0.392 e. The van der Waals surface area contributed by atoms with Gasteiger partial charge in [-0.15, -0.1) is 0 Å². The number of aliphatic hydroxyl groups is 1. The van der Waals surface area contributed by atoms with Gasteiger partial charge >= 0.3 is 0 Å². The predicted molar refractivity (Wildman–Crippen MR) is 81.9 cm³/mol. The molecule has 0 aliphatic heterocycles. The van der Waals surface area contributed by atoms with Gasteiger partial charge in [0, 0.05) is 0 Å². The lowest BCUT2D eigenvalue weighted by atomic mass is 9.99. The predicted octanol–water partition coefficient (Wildman–Crippen LogP) is 5.48. The molecular weight excluding hydrogens is 220 g/mol. The minimum Gasteiger partial charge on any atom is -0.392 e. The summed E-state index contributed by atoms with van der Waals surface area (Å²) in [5.74, 6) is 0.928. The summed E-state index contributed by atoms with van der Waals surface area (Å²) in [5, 5.41) is 8.57. The number of hydrogen-bond acceptors (Lipinski definition) is 1. The molecule has 0 saturated carbocycles.